The summed E-state index contributed by atoms with van der Waals surface area (Å²) in [6.07, 6.45) is 0.102. The molecule has 18 heavy (non-hydrogen) atoms. The van der Waals surface area contributed by atoms with Crippen LogP contribution in [0.3, 0.4) is 0 Å². The lowest BCUT2D eigenvalue weighted by atomic mass is 10.1. The Bertz CT molecular complexity index is 560. The van der Waals surface area contributed by atoms with Crippen LogP contribution in [0.25, 0.3) is 0 Å². The summed E-state index contributed by atoms with van der Waals surface area (Å²) in [6.45, 7) is 3.93. The number of hydrogen-bond donors (Lipinski definition) is 0. The van der Waals surface area contributed by atoms with Gasteiger partial charge in [0, 0.05) is 16.5 Å². The fourth-order valence-corrected chi connectivity index (χ4v) is 2.72. The van der Waals surface area contributed by atoms with Crippen molar-refractivity contribution in [3.05, 3.63) is 50.6 Å². The van der Waals surface area contributed by atoms with Crippen molar-refractivity contribution in [3.8, 4) is 5.75 Å². The summed E-state index contributed by atoms with van der Waals surface area (Å²) in [7, 11) is 0. The number of hydrogen-bond acceptors (Lipinski definition) is 3. The molecule has 2 rings (SSSR count). The fraction of sp³-hybridized carbons (Fsp3) is 0.214. The largest absolute Gasteiger partial charge is 0.491 e. The highest BCUT2D eigenvalue weighted by molar-refractivity contribution is 9.11. The molecule has 0 amide bonds. The zero-order chi connectivity index (χ0) is 13.1. The number of thiophene rings is 1. The first-order valence-electron chi connectivity index (χ1n) is 5.61. The highest BCUT2D eigenvalue weighted by Crippen LogP contribution is 2.24. The molecule has 0 radical (unpaired) electrons. The van der Waals surface area contributed by atoms with E-state index in [4.69, 9.17) is 4.74 Å². The zero-order valence-electron chi connectivity index (χ0n) is 10.1. The molecule has 0 bridgehead atoms. The number of carbonyl (C=O) groups is 1. The second-order valence-electron chi connectivity index (χ2n) is 4.16. The normalized spacial score (nSPS) is 10.7. The van der Waals surface area contributed by atoms with Gasteiger partial charge in [0.2, 0.25) is 0 Å². The summed E-state index contributed by atoms with van der Waals surface area (Å²) in [4.78, 5) is 12.2. The van der Waals surface area contributed by atoms with Gasteiger partial charge in [-0.2, -0.15) is 0 Å². The molecule has 0 atom stereocenters. The molecule has 0 aliphatic carbocycles. The van der Waals surface area contributed by atoms with Crippen LogP contribution < -0.4 is 4.74 Å². The SMILES string of the molecule is CC(C)Oc1cccc(C(=O)c2csc(Br)c2)c1. The van der Waals surface area contributed by atoms with Crippen LogP contribution in [0.1, 0.15) is 29.8 Å². The van der Waals surface area contributed by atoms with E-state index in [0.717, 1.165) is 9.54 Å². The molecule has 94 valence electrons. The standard InChI is InChI=1S/C14H13BrO2S/c1-9(2)17-12-5-3-4-10(6-12)14(16)11-7-13(15)18-8-11/h3-9H,1-2H3. The molecular formula is C14H13BrO2S. The maximum atomic E-state index is 12.2. The summed E-state index contributed by atoms with van der Waals surface area (Å²) < 4.78 is 6.55. The van der Waals surface area contributed by atoms with E-state index in [1.807, 2.05) is 37.4 Å². The Balaban J connectivity index is 2.25. The Kier molecular flexibility index (Phi) is 4.19. The van der Waals surface area contributed by atoms with Crippen molar-refractivity contribution in [1.82, 2.24) is 0 Å². The van der Waals surface area contributed by atoms with Gasteiger partial charge in [0.15, 0.2) is 5.78 Å². The van der Waals surface area contributed by atoms with E-state index in [1.54, 1.807) is 12.1 Å². The first-order chi connectivity index (χ1) is 8.56. The smallest absolute Gasteiger partial charge is 0.194 e. The second-order valence-corrected chi connectivity index (χ2v) is 6.45. The van der Waals surface area contributed by atoms with Crippen molar-refractivity contribution >= 4 is 33.0 Å². The van der Waals surface area contributed by atoms with Crippen LogP contribution in [0, 0.1) is 0 Å². The van der Waals surface area contributed by atoms with Gasteiger partial charge in [0.1, 0.15) is 5.75 Å². The van der Waals surface area contributed by atoms with E-state index in [0.29, 0.717) is 11.1 Å². The predicted molar refractivity (Wildman–Crippen MR) is 77.7 cm³/mol. The Morgan fingerprint density at radius 2 is 2.06 bits per heavy atom. The number of ketones is 1. The lowest BCUT2D eigenvalue weighted by Gasteiger charge is -2.10. The molecule has 0 fully saturated rings. The van der Waals surface area contributed by atoms with Crippen LogP contribution in [-0.2, 0) is 0 Å². The average Bonchev–Trinajstić information content (AvgIpc) is 2.74. The maximum absolute atomic E-state index is 12.2. The first kappa shape index (κ1) is 13.3. The summed E-state index contributed by atoms with van der Waals surface area (Å²) in [5.74, 6) is 0.747. The topological polar surface area (TPSA) is 26.3 Å². The van der Waals surface area contributed by atoms with Gasteiger partial charge in [0.05, 0.1) is 9.89 Å². The molecule has 0 unspecified atom stereocenters. The lowest BCUT2D eigenvalue weighted by Crippen LogP contribution is -2.06. The Hall–Kier alpha value is -1.13. The molecule has 0 aliphatic heterocycles. The minimum atomic E-state index is 0.0196. The summed E-state index contributed by atoms with van der Waals surface area (Å²) in [5, 5.41) is 1.85. The van der Waals surface area contributed by atoms with E-state index in [-0.39, 0.29) is 11.9 Å². The Morgan fingerprint density at radius 1 is 1.28 bits per heavy atom. The average molecular weight is 325 g/mol. The molecule has 0 aliphatic rings. The van der Waals surface area contributed by atoms with Gasteiger partial charge in [-0.1, -0.05) is 12.1 Å². The van der Waals surface area contributed by atoms with Crippen molar-refractivity contribution in [2.24, 2.45) is 0 Å². The second kappa shape index (κ2) is 5.67. The first-order valence-corrected chi connectivity index (χ1v) is 7.29. The van der Waals surface area contributed by atoms with Crippen molar-refractivity contribution in [2.75, 3.05) is 0 Å². The van der Waals surface area contributed by atoms with E-state index in [1.165, 1.54) is 11.3 Å². The lowest BCUT2D eigenvalue weighted by molar-refractivity contribution is 0.103. The molecule has 2 aromatic rings. The third kappa shape index (κ3) is 3.21. The van der Waals surface area contributed by atoms with Crippen LogP contribution in [0.2, 0.25) is 0 Å². The van der Waals surface area contributed by atoms with Crippen LogP contribution >= 0.6 is 27.3 Å². The van der Waals surface area contributed by atoms with Crippen molar-refractivity contribution in [2.45, 2.75) is 20.0 Å². The monoisotopic (exact) mass is 324 g/mol. The minimum absolute atomic E-state index is 0.0196. The maximum Gasteiger partial charge on any atom is 0.194 e. The molecule has 0 spiro atoms. The molecular weight excluding hydrogens is 312 g/mol. The molecule has 0 N–H and O–H groups in total. The van der Waals surface area contributed by atoms with Crippen molar-refractivity contribution in [3.63, 3.8) is 0 Å². The van der Waals surface area contributed by atoms with Gasteiger partial charge < -0.3 is 4.74 Å². The molecule has 0 saturated heterocycles. The third-order valence-corrected chi connectivity index (χ3v) is 3.80. The van der Waals surface area contributed by atoms with E-state index in [9.17, 15) is 4.79 Å². The van der Waals surface area contributed by atoms with Crippen LogP contribution in [0.5, 0.6) is 5.75 Å². The van der Waals surface area contributed by atoms with Gasteiger partial charge >= 0.3 is 0 Å². The molecule has 2 nitrogen and oxygen atoms in total. The van der Waals surface area contributed by atoms with E-state index < -0.39 is 0 Å². The highest BCUT2D eigenvalue weighted by atomic mass is 79.9. The number of halogens is 1. The molecule has 1 aromatic carbocycles. The summed E-state index contributed by atoms with van der Waals surface area (Å²) >= 11 is 4.87. The van der Waals surface area contributed by atoms with E-state index >= 15 is 0 Å². The number of ether oxygens (including phenoxy) is 1. The fourth-order valence-electron chi connectivity index (χ4n) is 1.58. The van der Waals surface area contributed by atoms with Crippen LogP contribution in [0.15, 0.2) is 39.5 Å². The van der Waals surface area contributed by atoms with Gasteiger partial charge in [0.25, 0.3) is 0 Å². The highest BCUT2D eigenvalue weighted by Gasteiger charge is 2.11. The minimum Gasteiger partial charge on any atom is -0.491 e. The molecule has 1 aromatic heterocycles. The van der Waals surface area contributed by atoms with Gasteiger partial charge in [-0.3, -0.25) is 4.79 Å². The number of rotatable bonds is 4. The third-order valence-electron chi connectivity index (χ3n) is 2.30. The van der Waals surface area contributed by atoms with Gasteiger partial charge in [-0.25, -0.2) is 0 Å². The van der Waals surface area contributed by atoms with Gasteiger partial charge in [-0.15, -0.1) is 11.3 Å². The quantitative estimate of drug-likeness (QED) is 0.772. The number of carbonyl (C=O) groups excluding carboxylic acids is 1. The number of benzene rings is 1. The van der Waals surface area contributed by atoms with Gasteiger partial charge in [-0.05, 0) is 48.0 Å². The van der Waals surface area contributed by atoms with E-state index in [2.05, 4.69) is 15.9 Å². The summed E-state index contributed by atoms with van der Waals surface area (Å²) in [5.41, 5.74) is 1.35. The zero-order valence-corrected chi connectivity index (χ0v) is 12.5. The molecule has 0 saturated carbocycles. The van der Waals surface area contributed by atoms with Crippen molar-refractivity contribution < 1.29 is 9.53 Å². The Morgan fingerprint density at radius 3 is 2.67 bits per heavy atom. The van der Waals surface area contributed by atoms with Crippen molar-refractivity contribution in [1.29, 1.82) is 0 Å². The summed E-state index contributed by atoms with van der Waals surface area (Å²) in [6, 6.07) is 9.13. The molecule has 4 heteroatoms. The van der Waals surface area contributed by atoms with Crippen LogP contribution in [0.4, 0.5) is 0 Å². The predicted octanol–water partition coefficient (Wildman–Crippen LogP) is 4.53. The molecule has 1 heterocycles. The van der Waals surface area contributed by atoms with Crippen LogP contribution in [-0.4, -0.2) is 11.9 Å². The Labute approximate surface area is 119 Å².